The highest BCUT2D eigenvalue weighted by Crippen LogP contribution is 2.14. The number of hydrogen-bond donors (Lipinski definition) is 0. The molecule has 0 saturated heterocycles. The number of hydrogen-bond acceptors (Lipinski definition) is 5. The molecule has 0 saturated carbocycles. The minimum atomic E-state index is 0.433. The molecule has 0 unspecified atom stereocenters. The third kappa shape index (κ3) is 1.62. The van der Waals surface area contributed by atoms with Gasteiger partial charge in [0.1, 0.15) is 10.7 Å². The van der Waals surface area contributed by atoms with Gasteiger partial charge in [0.15, 0.2) is 0 Å². The predicted octanol–water partition coefficient (Wildman–Crippen LogP) is 1.81. The van der Waals surface area contributed by atoms with Gasteiger partial charge >= 0.3 is 0 Å². The molecule has 0 amide bonds. The van der Waals surface area contributed by atoms with Crippen molar-refractivity contribution < 1.29 is 4.74 Å². The SMILES string of the molecule is CCOC(=S)c1cn2nc(C)sc2n1. The first-order chi connectivity index (χ1) is 6.70. The largest absolute Gasteiger partial charge is 0.482 e. The maximum Gasteiger partial charge on any atom is 0.212 e. The van der Waals surface area contributed by atoms with Gasteiger partial charge in [0.05, 0.1) is 12.8 Å². The topological polar surface area (TPSA) is 39.4 Å². The molecule has 0 fully saturated rings. The molecule has 2 rings (SSSR count). The average molecular weight is 227 g/mol. The predicted molar refractivity (Wildman–Crippen MR) is 58.9 cm³/mol. The van der Waals surface area contributed by atoms with Gasteiger partial charge in [-0.1, -0.05) is 11.3 Å². The molecule has 0 aliphatic carbocycles. The van der Waals surface area contributed by atoms with Crippen LogP contribution in [0.15, 0.2) is 6.20 Å². The summed E-state index contributed by atoms with van der Waals surface area (Å²) in [5, 5.41) is 5.65. The van der Waals surface area contributed by atoms with Gasteiger partial charge in [-0.25, -0.2) is 9.50 Å². The van der Waals surface area contributed by atoms with Gasteiger partial charge in [0.2, 0.25) is 10.0 Å². The van der Waals surface area contributed by atoms with Gasteiger partial charge in [-0.15, -0.1) is 0 Å². The highest BCUT2D eigenvalue weighted by atomic mass is 32.1. The van der Waals surface area contributed by atoms with Crippen molar-refractivity contribution >= 4 is 33.6 Å². The molecule has 0 aliphatic heterocycles. The van der Waals surface area contributed by atoms with Gasteiger partial charge in [0, 0.05) is 0 Å². The van der Waals surface area contributed by atoms with Crippen LogP contribution in [0.2, 0.25) is 0 Å². The normalized spacial score (nSPS) is 10.7. The molecule has 74 valence electrons. The highest BCUT2D eigenvalue weighted by Gasteiger charge is 2.10. The quantitative estimate of drug-likeness (QED) is 0.734. The van der Waals surface area contributed by atoms with Crippen molar-refractivity contribution in [1.82, 2.24) is 14.6 Å². The summed E-state index contributed by atoms with van der Waals surface area (Å²) in [6, 6.07) is 0. The van der Waals surface area contributed by atoms with Crippen LogP contribution in [0.1, 0.15) is 17.6 Å². The van der Waals surface area contributed by atoms with Crippen LogP contribution in [-0.2, 0) is 4.74 Å². The molecule has 0 aliphatic rings. The summed E-state index contributed by atoms with van der Waals surface area (Å²) in [6.07, 6.45) is 1.79. The summed E-state index contributed by atoms with van der Waals surface area (Å²) in [5.74, 6) is 0. The third-order valence-electron chi connectivity index (χ3n) is 1.63. The Morgan fingerprint density at radius 3 is 3.14 bits per heavy atom. The molecule has 0 spiro atoms. The van der Waals surface area contributed by atoms with E-state index in [2.05, 4.69) is 10.1 Å². The fourth-order valence-corrected chi connectivity index (χ4v) is 2.04. The molecule has 6 heteroatoms. The van der Waals surface area contributed by atoms with Crippen molar-refractivity contribution in [3.8, 4) is 0 Å². The first-order valence-electron chi connectivity index (χ1n) is 4.20. The summed E-state index contributed by atoms with van der Waals surface area (Å²) >= 11 is 6.57. The summed E-state index contributed by atoms with van der Waals surface area (Å²) < 4.78 is 6.91. The first kappa shape index (κ1) is 9.54. The number of imidazole rings is 1. The van der Waals surface area contributed by atoms with E-state index in [0.29, 0.717) is 17.4 Å². The van der Waals surface area contributed by atoms with E-state index < -0.39 is 0 Å². The average Bonchev–Trinajstić information content (AvgIpc) is 2.61. The molecule has 2 aromatic heterocycles. The van der Waals surface area contributed by atoms with Crippen molar-refractivity contribution in [1.29, 1.82) is 0 Å². The lowest BCUT2D eigenvalue weighted by atomic mass is 10.5. The van der Waals surface area contributed by atoms with Gasteiger partial charge in [0.25, 0.3) is 0 Å². The number of aryl methyl sites for hydroxylation is 1. The maximum absolute atomic E-state index is 5.19. The van der Waals surface area contributed by atoms with E-state index in [1.165, 1.54) is 11.3 Å². The lowest BCUT2D eigenvalue weighted by molar-refractivity contribution is 0.337. The van der Waals surface area contributed by atoms with Gasteiger partial charge in [-0.2, -0.15) is 5.10 Å². The number of aromatic nitrogens is 3. The van der Waals surface area contributed by atoms with Crippen LogP contribution in [-0.4, -0.2) is 26.3 Å². The Morgan fingerprint density at radius 2 is 2.50 bits per heavy atom. The van der Waals surface area contributed by atoms with E-state index in [-0.39, 0.29) is 0 Å². The van der Waals surface area contributed by atoms with E-state index in [1.54, 1.807) is 10.7 Å². The van der Waals surface area contributed by atoms with Gasteiger partial charge in [-0.05, 0) is 26.1 Å². The summed E-state index contributed by atoms with van der Waals surface area (Å²) in [5.41, 5.74) is 0.681. The summed E-state index contributed by atoms with van der Waals surface area (Å²) in [7, 11) is 0. The number of thiocarbonyl (C=S) groups is 1. The molecule has 0 N–H and O–H groups in total. The molecule has 2 aromatic rings. The monoisotopic (exact) mass is 227 g/mol. The van der Waals surface area contributed by atoms with Crippen LogP contribution < -0.4 is 0 Å². The minimum absolute atomic E-state index is 0.433. The minimum Gasteiger partial charge on any atom is -0.482 e. The van der Waals surface area contributed by atoms with Crippen molar-refractivity contribution in [2.24, 2.45) is 0 Å². The Kier molecular flexibility index (Phi) is 2.47. The van der Waals surface area contributed by atoms with Gasteiger partial charge in [-0.3, -0.25) is 0 Å². The second-order valence-electron chi connectivity index (χ2n) is 2.69. The molecule has 2 heterocycles. The molecule has 0 radical (unpaired) electrons. The molecule has 0 atom stereocenters. The van der Waals surface area contributed by atoms with Crippen LogP contribution in [0.25, 0.3) is 4.96 Å². The fourth-order valence-electron chi connectivity index (χ4n) is 1.10. The summed E-state index contributed by atoms with van der Waals surface area (Å²) in [4.78, 5) is 5.15. The fraction of sp³-hybridized carbons (Fsp3) is 0.375. The van der Waals surface area contributed by atoms with Crippen molar-refractivity contribution in [2.75, 3.05) is 6.61 Å². The second-order valence-corrected chi connectivity index (χ2v) is 4.23. The Labute approximate surface area is 90.5 Å². The highest BCUT2D eigenvalue weighted by molar-refractivity contribution is 7.80. The molecule has 4 nitrogen and oxygen atoms in total. The zero-order chi connectivity index (χ0) is 10.1. The van der Waals surface area contributed by atoms with E-state index in [1.807, 2.05) is 13.8 Å². The molecule has 0 aromatic carbocycles. The van der Waals surface area contributed by atoms with Gasteiger partial charge < -0.3 is 4.74 Å². The van der Waals surface area contributed by atoms with Crippen LogP contribution in [0.3, 0.4) is 0 Å². The number of fused-ring (bicyclic) bond motifs is 1. The molecular weight excluding hydrogens is 218 g/mol. The first-order valence-corrected chi connectivity index (χ1v) is 5.43. The Hall–Kier alpha value is -1.01. The third-order valence-corrected chi connectivity index (χ3v) is 2.79. The Bertz CT molecular complexity index is 442. The van der Waals surface area contributed by atoms with E-state index in [9.17, 15) is 0 Å². The standard InChI is InChI=1S/C8H9N3OS2/c1-3-12-7(13)6-4-11-8(9-6)14-5(2)10-11/h4H,3H2,1-2H3. The Morgan fingerprint density at radius 1 is 1.71 bits per heavy atom. The molecular formula is C8H9N3OS2. The van der Waals surface area contributed by atoms with Crippen LogP contribution in [0.4, 0.5) is 0 Å². The van der Waals surface area contributed by atoms with Crippen molar-refractivity contribution in [2.45, 2.75) is 13.8 Å². The van der Waals surface area contributed by atoms with E-state index >= 15 is 0 Å². The zero-order valence-electron chi connectivity index (χ0n) is 7.85. The lowest BCUT2D eigenvalue weighted by Gasteiger charge is -1.98. The smallest absolute Gasteiger partial charge is 0.212 e. The van der Waals surface area contributed by atoms with E-state index in [0.717, 1.165) is 9.97 Å². The number of rotatable bonds is 2. The van der Waals surface area contributed by atoms with E-state index in [4.69, 9.17) is 17.0 Å². The van der Waals surface area contributed by atoms with Crippen LogP contribution in [0, 0.1) is 6.92 Å². The maximum atomic E-state index is 5.19. The van der Waals surface area contributed by atoms with Crippen LogP contribution >= 0.6 is 23.6 Å². The zero-order valence-corrected chi connectivity index (χ0v) is 9.48. The number of nitrogens with zero attached hydrogens (tertiary/aromatic N) is 3. The van der Waals surface area contributed by atoms with Crippen molar-refractivity contribution in [3.63, 3.8) is 0 Å². The lowest BCUT2D eigenvalue weighted by Crippen LogP contribution is -2.03. The van der Waals surface area contributed by atoms with Crippen LogP contribution in [0.5, 0.6) is 0 Å². The van der Waals surface area contributed by atoms with Crippen molar-refractivity contribution in [3.05, 3.63) is 16.9 Å². The summed E-state index contributed by atoms with van der Waals surface area (Å²) in [6.45, 7) is 4.41. The molecule has 14 heavy (non-hydrogen) atoms. The molecule has 0 bridgehead atoms. The Balaban J connectivity index is 2.36. The second kappa shape index (κ2) is 3.62. The number of ether oxygens (including phenoxy) is 1.